The highest BCUT2D eigenvalue weighted by atomic mass is 15.2. The van der Waals surface area contributed by atoms with Crippen molar-refractivity contribution in [1.29, 1.82) is 0 Å². The van der Waals surface area contributed by atoms with Crippen LogP contribution >= 0.6 is 0 Å². The Kier molecular flexibility index (Phi) is 8.10. The number of benzene rings is 6. The summed E-state index contributed by atoms with van der Waals surface area (Å²) < 4.78 is 27.5. The van der Waals surface area contributed by atoms with Crippen molar-refractivity contribution in [3.05, 3.63) is 148 Å². The zero-order valence-corrected chi connectivity index (χ0v) is 40.7. The fourth-order valence-corrected chi connectivity index (χ4v) is 12.8. The highest BCUT2D eigenvalue weighted by molar-refractivity contribution is 7.00. The van der Waals surface area contributed by atoms with E-state index in [1.54, 1.807) is 0 Å². The summed E-state index contributed by atoms with van der Waals surface area (Å²) in [5, 5.41) is 0. The van der Waals surface area contributed by atoms with Crippen LogP contribution in [-0.4, -0.2) is 6.71 Å². The molecule has 2 heterocycles. The highest BCUT2D eigenvalue weighted by Crippen LogP contribution is 2.56. The number of aryl methyl sites for hydroxylation is 2. The van der Waals surface area contributed by atoms with E-state index < -0.39 is 6.85 Å². The van der Waals surface area contributed by atoms with Gasteiger partial charge in [-0.2, -0.15) is 0 Å². The molecule has 0 fully saturated rings. The van der Waals surface area contributed by atoms with Crippen LogP contribution in [0.2, 0.25) is 0 Å². The summed E-state index contributed by atoms with van der Waals surface area (Å²) in [6, 6.07) is 38.9. The summed E-state index contributed by atoms with van der Waals surface area (Å²) in [5.41, 5.74) is 21.6. The average Bonchev–Trinajstić information content (AvgIpc) is 3.51. The predicted octanol–water partition coefficient (Wildman–Crippen LogP) is 14.6. The Bertz CT molecular complexity index is 3010. The van der Waals surface area contributed by atoms with Crippen molar-refractivity contribution in [3.8, 4) is 11.1 Å². The first kappa shape index (κ1) is 38.4. The molecule has 6 aromatic carbocycles. The van der Waals surface area contributed by atoms with Gasteiger partial charge < -0.3 is 9.80 Å². The number of nitrogens with zero attached hydrogens (tertiary/aromatic N) is 2. The van der Waals surface area contributed by atoms with Crippen molar-refractivity contribution < 1.29 is 4.11 Å². The van der Waals surface area contributed by atoms with E-state index in [0.717, 1.165) is 63.6 Å². The Labute approximate surface area is 384 Å². The van der Waals surface area contributed by atoms with E-state index >= 15 is 0 Å². The van der Waals surface area contributed by atoms with Gasteiger partial charge in [0, 0.05) is 38.1 Å². The standard InChI is InChI=1S/C60H69BN2/c1-36-26-52-54-53(27-36)63(49-32-44-42(28-37(49)2)57(9,10)34-59(44,13)14)50-30-40(56(6,7)8)22-24-46(50)61(54)47-31-43-45(60(15,16)35-58(43,11)12)33-51(47)62(52)48-25-23-39(55(3,4)5)29-41(48)38-20-18-17-19-21-38/h17-33H,34-35H2,1-16H3/i1D3. The number of hydrogen-bond donors (Lipinski definition) is 0. The molecule has 0 saturated heterocycles. The molecule has 0 radical (unpaired) electrons. The summed E-state index contributed by atoms with van der Waals surface area (Å²) in [7, 11) is 0. The highest BCUT2D eigenvalue weighted by Gasteiger charge is 2.49. The van der Waals surface area contributed by atoms with E-state index in [0.29, 0.717) is 5.56 Å². The monoisotopic (exact) mass is 832 g/mol. The molecule has 0 unspecified atom stereocenters. The topological polar surface area (TPSA) is 6.48 Å². The van der Waals surface area contributed by atoms with Crippen molar-refractivity contribution >= 4 is 57.2 Å². The molecule has 3 heteroatoms. The third kappa shape index (κ3) is 6.33. The fourth-order valence-electron chi connectivity index (χ4n) is 12.8. The second kappa shape index (κ2) is 13.3. The van der Waals surface area contributed by atoms with Gasteiger partial charge in [-0.05, 0) is 168 Å². The van der Waals surface area contributed by atoms with E-state index in [-0.39, 0.29) is 39.2 Å². The number of fused-ring (bicyclic) bond motifs is 6. The van der Waals surface area contributed by atoms with Gasteiger partial charge in [0.25, 0.3) is 6.71 Å². The van der Waals surface area contributed by atoms with Crippen LogP contribution in [0.5, 0.6) is 0 Å². The molecule has 0 atom stereocenters. The molecule has 322 valence electrons. The molecule has 2 aliphatic heterocycles. The number of hydrogen-bond acceptors (Lipinski definition) is 2. The molecule has 0 bridgehead atoms. The lowest BCUT2D eigenvalue weighted by Crippen LogP contribution is -2.61. The summed E-state index contributed by atoms with van der Waals surface area (Å²) in [6.07, 6.45) is 2.11. The second-order valence-electron chi connectivity index (χ2n) is 24.4. The first-order valence-corrected chi connectivity index (χ1v) is 23.5. The smallest absolute Gasteiger partial charge is 0.252 e. The first-order chi connectivity index (χ1) is 30.5. The van der Waals surface area contributed by atoms with Gasteiger partial charge in [-0.1, -0.05) is 158 Å². The molecule has 0 saturated carbocycles. The molecular formula is C60H69BN2. The maximum Gasteiger partial charge on any atom is 0.252 e. The summed E-state index contributed by atoms with van der Waals surface area (Å²) in [5.74, 6) is 0. The molecule has 10 rings (SSSR count). The van der Waals surface area contributed by atoms with E-state index in [1.807, 2.05) is 12.1 Å². The Hall–Kier alpha value is -5.02. The van der Waals surface area contributed by atoms with Gasteiger partial charge >= 0.3 is 0 Å². The Morgan fingerprint density at radius 2 is 0.984 bits per heavy atom. The molecule has 2 aliphatic carbocycles. The average molecular weight is 832 g/mol. The lowest BCUT2D eigenvalue weighted by molar-refractivity contribution is 0.402. The Balaban J connectivity index is 1.38. The van der Waals surface area contributed by atoms with Crippen LogP contribution < -0.4 is 26.2 Å². The quantitative estimate of drug-likeness (QED) is 0.164. The minimum Gasteiger partial charge on any atom is -0.311 e. The normalized spacial score (nSPS) is 19.3. The third-order valence-electron chi connectivity index (χ3n) is 15.5. The molecule has 0 amide bonds. The predicted molar refractivity (Wildman–Crippen MR) is 274 cm³/mol. The zero-order valence-electron chi connectivity index (χ0n) is 43.7. The van der Waals surface area contributed by atoms with Crippen LogP contribution in [-0.2, 0) is 32.5 Å². The molecule has 0 aromatic heterocycles. The van der Waals surface area contributed by atoms with Crippen LogP contribution in [0.4, 0.5) is 34.1 Å². The number of rotatable bonds is 3. The molecule has 63 heavy (non-hydrogen) atoms. The molecule has 4 aliphatic rings. The van der Waals surface area contributed by atoms with Gasteiger partial charge in [0.2, 0.25) is 0 Å². The van der Waals surface area contributed by atoms with Crippen LogP contribution in [0.25, 0.3) is 11.1 Å². The fraction of sp³-hybridized carbons (Fsp3) is 0.400. The molecule has 6 aromatic rings. The SMILES string of the molecule is [2H]C([2H])([2H])c1cc2c3c(c1)N(c1ccc(C(C)(C)C)cc1-c1ccccc1)c1cc4c(cc1B3c1ccc(C(C)(C)C)cc1N2c1cc2c(cc1C)C(C)(C)CC2(C)C)C(C)(C)CC4(C)C. The Morgan fingerprint density at radius 1 is 0.492 bits per heavy atom. The van der Waals surface area contributed by atoms with Crippen LogP contribution in [0.1, 0.15) is 158 Å². The van der Waals surface area contributed by atoms with Gasteiger partial charge in [-0.3, -0.25) is 0 Å². The van der Waals surface area contributed by atoms with Crippen molar-refractivity contribution in [2.45, 2.75) is 156 Å². The van der Waals surface area contributed by atoms with Crippen molar-refractivity contribution in [2.75, 3.05) is 9.80 Å². The molecule has 0 N–H and O–H groups in total. The van der Waals surface area contributed by atoms with Crippen LogP contribution in [0.3, 0.4) is 0 Å². The van der Waals surface area contributed by atoms with Gasteiger partial charge in [0.15, 0.2) is 0 Å². The van der Waals surface area contributed by atoms with Crippen molar-refractivity contribution in [1.82, 2.24) is 0 Å². The largest absolute Gasteiger partial charge is 0.311 e. The van der Waals surface area contributed by atoms with Gasteiger partial charge in [-0.15, -0.1) is 0 Å². The molecular weight excluding hydrogens is 759 g/mol. The van der Waals surface area contributed by atoms with Gasteiger partial charge in [0.1, 0.15) is 0 Å². The molecule has 2 nitrogen and oxygen atoms in total. The first-order valence-electron chi connectivity index (χ1n) is 25.0. The van der Waals surface area contributed by atoms with E-state index in [9.17, 15) is 4.11 Å². The van der Waals surface area contributed by atoms with E-state index in [1.165, 1.54) is 49.9 Å². The lowest BCUT2D eigenvalue weighted by atomic mass is 9.33. The molecule has 0 spiro atoms. The zero-order chi connectivity index (χ0) is 47.6. The maximum absolute atomic E-state index is 9.18. The Morgan fingerprint density at radius 3 is 1.56 bits per heavy atom. The minimum atomic E-state index is -2.37. The second-order valence-corrected chi connectivity index (χ2v) is 24.4. The lowest BCUT2D eigenvalue weighted by Gasteiger charge is -2.46. The third-order valence-corrected chi connectivity index (χ3v) is 15.5. The van der Waals surface area contributed by atoms with E-state index in [4.69, 9.17) is 0 Å². The number of anilines is 6. The van der Waals surface area contributed by atoms with Crippen molar-refractivity contribution in [2.24, 2.45) is 0 Å². The van der Waals surface area contributed by atoms with Gasteiger partial charge in [0.05, 0.1) is 5.69 Å². The summed E-state index contributed by atoms with van der Waals surface area (Å²) in [6.45, 7) is 32.6. The van der Waals surface area contributed by atoms with E-state index in [2.05, 4.69) is 205 Å². The van der Waals surface area contributed by atoms with Crippen molar-refractivity contribution in [3.63, 3.8) is 0 Å². The summed E-state index contributed by atoms with van der Waals surface area (Å²) in [4.78, 5) is 4.93. The van der Waals surface area contributed by atoms with Crippen LogP contribution in [0, 0.1) is 13.8 Å². The van der Waals surface area contributed by atoms with Gasteiger partial charge in [-0.25, -0.2) is 0 Å². The maximum atomic E-state index is 9.18. The summed E-state index contributed by atoms with van der Waals surface area (Å²) >= 11 is 0. The van der Waals surface area contributed by atoms with Crippen LogP contribution in [0.15, 0.2) is 103 Å². The minimum absolute atomic E-state index is 0.0284.